The second-order valence-electron chi connectivity index (χ2n) is 3.89. The van der Waals surface area contributed by atoms with Gasteiger partial charge in [-0.2, -0.15) is 5.10 Å². The molecule has 0 fully saturated rings. The van der Waals surface area contributed by atoms with Crippen LogP contribution in [0.25, 0.3) is 10.9 Å². The number of rotatable bonds is 2. The van der Waals surface area contributed by atoms with E-state index in [1.54, 1.807) is 6.07 Å². The molecule has 7 heteroatoms. The van der Waals surface area contributed by atoms with Crippen LogP contribution in [-0.2, 0) is 0 Å². The zero-order valence-electron chi connectivity index (χ0n) is 9.85. The van der Waals surface area contributed by atoms with Gasteiger partial charge in [0.05, 0.1) is 11.7 Å². The van der Waals surface area contributed by atoms with Crippen LogP contribution in [0.1, 0.15) is 0 Å². The summed E-state index contributed by atoms with van der Waals surface area (Å²) in [6.07, 6.45) is 1.41. The monoisotopic (exact) mass is 293 g/mol. The molecular weight excluding hydrogens is 288 g/mol. The molecule has 1 aromatic carbocycles. The van der Waals surface area contributed by atoms with Crippen molar-refractivity contribution < 1.29 is 13.5 Å². The molecule has 2 heterocycles. The van der Waals surface area contributed by atoms with Crippen LogP contribution in [0.2, 0.25) is 5.15 Å². The van der Waals surface area contributed by atoms with Gasteiger partial charge in [-0.3, -0.25) is 0 Å². The Morgan fingerprint density at radius 3 is 2.75 bits per heavy atom. The van der Waals surface area contributed by atoms with Crippen molar-refractivity contribution in [2.24, 2.45) is 0 Å². The smallest absolute Gasteiger partial charge is 0.220 e. The molecule has 2 aromatic heterocycles. The molecule has 100 valence electrons. The summed E-state index contributed by atoms with van der Waals surface area (Å²) in [6.45, 7) is 0. The van der Waals surface area contributed by atoms with E-state index in [9.17, 15) is 8.78 Å². The summed E-state index contributed by atoms with van der Waals surface area (Å²) in [6, 6.07) is 6.17. The highest BCUT2D eigenvalue weighted by Gasteiger charge is 2.09. The number of fused-ring (bicyclic) bond motifs is 1. The summed E-state index contributed by atoms with van der Waals surface area (Å²) < 4.78 is 31.5. The van der Waals surface area contributed by atoms with Crippen molar-refractivity contribution in [3.8, 4) is 11.6 Å². The van der Waals surface area contributed by atoms with Crippen LogP contribution in [0.5, 0.6) is 11.6 Å². The van der Waals surface area contributed by atoms with E-state index in [4.69, 9.17) is 16.3 Å². The van der Waals surface area contributed by atoms with Crippen molar-refractivity contribution >= 4 is 22.5 Å². The summed E-state index contributed by atoms with van der Waals surface area (Å²) in [5.74, 6) is -1.46. The second kappa shape index (κ2) is 4.97. The van der Waals surface area contributed by atoms with E-state index in [0.29, 0.717) is 10.9 Å². The minimum Gasteiger partial charge on any atom is -0.436 e. The number of aromatic nitrogens is 3. The Hall–Kier alpha value is -2.34. The van der Waals surface area contributed by atoms with Gasteiger partial charge in [-0.15, -0.1) is 5.10 Å². The highest BCUT2D eigenvalue weighted by atomic mass is 35.5. The first kappa shape index (κ1) is 12.7. The molecule has 0 saturated heterocycles. The standard InChI is InChI=1S/C13H6ClF2N3O/c14-13-8-2-4-12(18-10(8)6-17-19-13)20-11-3-1-7(15)5-9(11)16/h1-6H. The lowest BCUT2D eigenvalue weighted by Crippen LogP contribution is -1.93. The molecule has 0 radical (unpaired) electrons. The van der Waals surface area contributed by atoms with Gasteiger partial charge in [0.25, 0.3) is 0 Å². The Kier molecular flexibility index (Phi) is 3.15. The molecule has 0 atom stereocenters. The summed E-state index contributed by atoms with van der Waals surface area (Å²) in [7, 11) is 0. The second-order valence-corrected chi connectivity index (χ2v) is 4.25. The van der Waals surface area contributed by atoms with E-state index in [1.807, 2.05) is 0 Å². The lowest BCUT2D eigenvalue weighted by atomic mass is 10.3. The number of hydrogen-bond donors (Lipinski definition) is 0. The van der Waals surface area contributed by atoms with E-state index < -0.39 is 11.6 Å². The quantitative estimate of drug-likeness (QED) is 0.722. The Morgan fingerprint density at radius 2 is 1.95 bits per heavy atom. The fourth-order valence-corrected chi connectivity index (χ4v) is 1.85. The van der Waals surface area contributed by atoms with Gasteiger partial charge >= 0.3 is 0 Å². The van der Waals surface area contributed by atoms with Gasteiger partial charge in [0, 0.05) is 17.5 Å². The number of ether oxygens (including phenoxy) is 1. The van der Waals surface area contributed by atoms with Crippen LogP contribution in [0.15, 0.2) is 36.5 Å². The van der Waals surface area contributed by atoms with Crippen molar-refractivity contribution in [1.29, 1.82) is 0 Å². The van der Waals surface area contributed by atoms with Crippen LogP contribution in [0.4, 0.5) is 8.78 Å². The molecule has 0 aliphatic heterocycles. The molecule has 0 spiro atoms. The first-order valence-corrected chi connectivity index (χ1v) is 5.92. The number of benzene rings is 1. The zero-order valence-corrected chi connectivity index (χ0v) is 10.6. The normalized spacial score (nSPS) is 10.8. The molecule has 0 bridgehead atoms. The summed E-state index contributed by atoms with van der Waals surface area (Å²) in [5.41, 5.74) is 0.463. The van der Waals surface area contributed by atoms with Crippen LogP contribution in [0, 0.1) is 11.6 Å². The molecule has 3 aromatic rings. The van der Waals surface area contributed by atoms with E-state index in [2.05, 4.69) is 15.2 Å². The molecule has 0 saturated carbocycles. The Labute approximate surface area is 117 Å². The predicted molar refractivity (Wildman–Crippen MR) is 68.8 cm³/mol. The third-order valence-corrected chi connectivity index (χ3v) is 2.83. The number of halogens is 3. The van der Waals surface area contributed by atoms with Gasteiger partial charge in [0.15, 0.2) is 16.7 Å². The maximum Gasteiger partial charge on any atom is 0.220 e. The fraction of sp³-hybridized carbons (Fsp3) is 0. The SMILES string of the molecule is Fc1ccc(Oc2ccc3c(Cl)nncc3n2)c(F)c1. The van der Waals surface area contributed by atoms with E-state index in [0.717, 1.165) is 12.1 Å². The van der Waals surface area contributed by atoms with Crippen molar-refractivity contribution in [3.63, 3.8) is 0 Å². The van der Waals surface area contributed by atoms with Crippen molar-refractivity contribution in [1.82, 2.24) is 15.2 Å². The van der Waals surface area contributed by atoms with Crippen molar-refractivity contribution in [3.05, 3.63) is 53.3 Å². The Morgan fingerprint density at radius 1 is 1.10 bits per heavy atom. The first-order chi connectivity index (χ1) is 9.63. The van der Waals surface area contributed by atoms with Crippen molar-refractivity contribution in [2.75, 3.05) is 0 Å². The minimum absolute atomic E-state index is 0.119. The third kappa shape index (κ3) is 2.37. The highest BCUT2D eigenvalue weighted by molar-refractivity contribution is 6.33. The van der Waals surface area contributed by atoms with Crippen LogP contribution in [-0.4, -0.2) is 15.2 Å². The Balaban J connectivity index is 1.99. The molecule has 0 unspecified atom stereocenters. The molecule has 4 nitrogen and oxygen atoms in total. The van der Waals surface area contributed by atoms with Crippen LogP contribution >= 0.6 is 11.6 Å². The van der Waals surface area contributed by atoms with Crippen molar-refractivity contribution in [2.45, 2.75) is 0 Å². The number of nitrogens with zero attached hydrogens (tertiary/aromatic N) is 3. The summed E-state index contributed by atoms with van der Waals surface area (Å²) in [5, 5.41) is 8.17. The largest absolute Gasteiger partial charge is 0.436 e. The fourth-order valence-electron chi connectivity index (χ4n) is 1.64. The van der Waals surface area contributed by atoms with Gasteiger partial charge in [-0.1, -0.05) is 11.6 Å². The minimum atomic E-state index is -0.808. The molecule has 20 heavy (non-hydrogen) atoms. The van der Waals surface area contributed by atoms with E-state index >= 15 is 0 Å². The number of hydrogen-bond acceptors (Lipinski definition) is 4. The van der Waals surface area contributed by atoms with Gasteiger partial charge in [0.2, 0.25) is 5.88 Å². The van der Waals surface area contributed by atoms with E-state index in [-0.39, 0.29) is 16.8 Å². The topological polar surface area (TPSA) is 47.9 Å². The van der Waals surface area contributed by atoms with Crippen LogP contribution < -0.4 is 4.74 Å². The lowest BCUT2D eigenvalue weighted by molar-refractivity contribution is 0.425. The molecule has 0 aliphatic carbocycles. The highest BCUT2D eigenvalue weighted by Crippen LogP contribution is 2.26. The Bertz CT molecular complexity index is 798. The molecular formula is C13H6ClF2N3O. The molecule has 0 amide bonds. The van der Waals surface area contributed by atoms with Gasteiger partial charge in [0.1, 0.15) is 5.82 Å². The molecule has 3 rings (SSSR count). The van der Waals surface area contributed by atoms with Crippen LogP contribution in [0.3, 0.4) is 0 Å². The molecule has 0 aliphatic rings. The lowest BCUT2D eigenvalue weighted by Gasteiger charge is -2.06. The van der Waals surface area contributed by atoms with Gasteiger partial charge in [-0.05, 0) is 18.2 Å². The third-order valence-electron chi connectivity index (χ3n) is 2.56. The molecule has 0 N–H and O–H groups in total. The van der Waals surface area contributed by atoms with Gasteiger partial charge in [-0.25, -0.2) is 13.8 Å². The maximum absolute atomic E-state index is 13.5. The summed E-state index contributed by atoms with van der Waals surface area (Å²) >= 11 is 5.86. The predicted octanol–water partition coefficient (Wildman–Crippen LogP) is 3.75. The first-order valence-electron chi connectivity index (χ1n) is 5.54. The summed E-state index contributed by atoms with van der Waals surface area (Å²) in [4.78, 5) is 4.13. The van der Waals surface area contributed by atoms with Gasteiger partial charge < -0.3 is 4.74 Å². The number of pyridine rings is 1. The average molecular weight is 294 g/mol. The maximum atomic E-state index is 13.5. The zero-order chi connectivity index (χ0) is 14.1. The average Bonchev–Trinajstić information content (AvgIpc) is 2.42. The van der Waals surface area contributed by atoms with E-state index in [1.165, 1.54) is 18.3 Å².